The van der Waals surface area contributed by atoms with Gasteiger partial charge >= 0.3 is 6.18 Å². The lowest BCUT2D eigenvalue weighted by Crippen LogP contribution is -2.23. The summed E-state index contributed by atoms with van der Waals surface area (Å²) in [4.78, 5) is 3.87. The van der Waals surface area contributed by atoms with Gasteiger partial charge in [-0.1, -0.05) is 24.0 Å². The van der Waals surface area contributed by atoms with Crippen LogP contribution in [0.5, 0.6) is 5.75 Å². The molecule has 1 saturated heterocycles. The Morgan fingerprint density at radius 1 is 1.16 bits per heavy atom. The molecule has 1 fully saturated rings. The van der Waals surface area contributed by atoms with Crippen molar-refractivity contribution in [3.63, 3.8) is 0 Å². The Bertz CT molecular complexity index is 1280. The molecule has 0 bridgehead atoms. The number of fused-ring (bicyclic) bond motifs is 1. The zero-order valence-electron chi connectivity index (χ0n) is 21.3. The zero-order valence-corrected chi connectivity index (χ0v) is 22.9. The van der Waals surface area contributed by atoms with E-state index in [1.54, 1.807) is 24.9 Å². The molecule has 1 aliphatic rings. The maximum absolute atomic E-state index is 13.5. The van der Waals surface area contributed by atoms with Crippen LogP contribution in [0.15, 0.2) is 41.3 Å². The Labute approximate surface area is 225 Å². The first-order chi connectivity index (χ1) is 17.8. The summed E-state index contributed by atoms with van der Waals surface area (Å²) < 4.78 is 46.9. The molecule has 4 rings (SSSR count). The van der Waals surface area contributed by atoms with E-state index in [0.717, 1.165) is 53.3 Å². The van der Waals surface area contributed by atoms with Crippen LogP contribution in [0, 0.1) is 11.8 Å². The van der Waals surface area contributed by atoms with Crippen molar-refractivity contribution < 1.29 is 17.9 Å². The molecule has 2 aromatic carbocycles. The number of nitrogens with zero attached hydrogens (tertiary/aromatic N) is 1. The van der Waals surface area contributed by atoms with Crippen molar-refractivity contribution in [1.29, 1.82) is 0 Å². The van der Waals surface area contributed by atoms with Crippen molar-refractivity contribution in [3.8, 4) is 17.6 Å². The standard InChI is InChI=1S/C28H32F3N3OS2/c1-34-15-6-7-19(13-16-34)33-24-9-4-8-21-22(18-28(29,30)31)26(37-27(21)24)10-5-14-32-23-12-11-20(36-3)17-25(23)35-2/h4,8-9,11-12,17,19,32-33H,6-7,13-16,18H2,1-3H3. The molecule has 9 heteroatoms. The van der Waals surface area contributed by atoms with Gasteiger partial charge in [-0.15, -0.1) is 23.1 Å². The lowest BCUT2D eigenvalue weighted by Gasteiger charge is -2.18. The summed E-state index contributed by atoms with van der Waals surface area (Å²) in [6, 6.07) is 11.7. The number of halogens is 3. The number of hydrogen-bond acceptors (Lipinski definition) is 6. The predicted molar refractivity (Wildman–Crippen MR) is 150 cm³/mol. The summed E-state index contributed by atoms with van der Waals surface area (Å²) in [7, 11) is 3.73. The molecule has 0 radical (unpaired) electrons. The van der Waals surface area contributed by atoms with Crippen LogP contribution in [0.3, 0.4) is 0 Å². The molecule has 0 amide bonds. The number of benzene rings is 2. The Morgan fingerprint density at radius 2 is 2.00 bits per heavy atom. The first kappa shape index (κ1) is 27.5. The van der Waals surface area contributed by atoms with Gasteiger partial charge in [-0.2, -0.15) is 13.2 Å². The lowest BCUT2D eigenvalue weighted by atomic mass is 10.1. The molecular weight excluding hydrogens is 515 g/mol. The topological polar surface area (TPSA) is 36.5 Å². The summed E-state index contributed by atoms with van der Waals surface area (Å²) in [6.07, 6.45) is -0.166. The van der Waals surface area contributed by atoms with Crippen LogP contribution in [-0.4, -0.2) is 57.2 Å². The van der Waals surface area contributed by atoms with E-state index in [2.05, 4.69) is 34.4 Å². The van der Waals surface area contributed by atoms with Crippen LogP contribution in [-0.2, 0) is 6.42 Å². The smallest absolute Gasteiger partial charge is 0.393 e. The van der Waals surface area contributed by atoms with Crippen LogP contribution in [0.1, 0.15) is 29.7 Å². The molecule has 2 heterocycles. The minimum absolute atomic E-state index is 0.256. The molecule has 2 N–H and O–H groups in total. The summed E-state index contributed by atoms with van der Waals surface area (Å²) in [5.74, 6) is 6.76. The van der Waals surface area contributed by atoms with E-state index in [0.29, 0.717) is 22.1 Å². The number of hydrogen-bond donors (Lipinski definition) is 2. The van der Waals surface area contributed by atoms with Crippen molar-refractivity contribution in [3.05, 3.63) is 46.8 Å². The second-order valence-corrected chi connectivity index (χ2v) is 11.1. The summed E-state index contributed by atoms with van der Waals surface area (Å²) in [6.45, 7) is 2.36. The Hall–Kier alpha value is -2.54. The van der Waals surface area contributed by atoms with Gasteiger partial charge in [0.1, 0.15) is 5.75 Å². The number of thiophene rings is 1. The Morgan fingerprint density at radius 3 is 2.76 bits per heavy atom. The van der Waals surface area contributed by atoms with Crippen molar-refractivity contribution in [2.24, 2.45) is 0 Å². The van der Waals surface area contributed by atoms with Crippen LogP contribution in [0.2, 0.25) is 0 Å². The number of anilines is 2. The van der Waals surface area contributed by atoms with E-state index in [4.69, 9.17) is 4.74 Å². The molecule has 37 heavy (non-hydrogen) atoms. The summed E-state index contributed by atoms with van der Waals surface area (Å²) >= 11 is 2.96. The average Bonchev–Trinajstić information content (AvgIpc) is 3.07. The third-order valence-corrected chi connectivity index (χ3v) is 8.41. The second-order valence-electron chi connectivity index (χ2n) is 9.18. The van der Waals surface area contributed by atoms with Gasteiger partial charge in [0, 0.05) is 10.9 Å². The van der Waals surface area contributed by atoms with Crippen molar-refractivity contribution in [1.82, 2.24) is 4.90 Å². The van der Waals surface area contributed by atoms with Gasteiger partial charge in [-0.05, 0) is 80.9 Å². The molecule has 0 saturated carbocycles. The molecule has 1 atom stereocenters. The average molecular weight is 548 g/mol. The monoisotopic (exact) mass is 547 g/mol. The lowest BCUT2D eigenvalue weighted by molar-refractivity contribution is -0.126. The van der Waals surface area contributed by atoms with E-state index in [1.165, 1.54) is 11.3 Å². The molecule has 1 aliphatic heterocycles. The van der Waals surface area contributed by atoms with E-state index in [1.807, 2.05) is 36.6 Å². The number of likely N-dealkylation sites (tertiary alicyclic amines) is 1. The van der Waals surface area contributed by atoms with Crippen LogP contribution in [0.4, 0.5) is 24.5 Å². The van der Waals surface area contributed by atoms with Crippen LogP contribution >= 0.6 is 23.1 Å². The fourth-order valence-corrected chi connectivity index (χ4v) is 6.17. The van der Waals surface area contributed by atoms with Gasteiger partial charge in [0.15, 0.2) is 0 Å². The van der Waals surface area contributed by atoms with Gasteiger partial charge in [0.05, 0.1) is 41.0 Å². The summed E-state index contributed by atoms with van der Waals surface area (Å²) in [5.41, 5.74) is 1.94. The Kier molecular flexibility index (Phi) is 9.17. The highest BCUT2D eigenvalue weighted by Crippen LogP contribution is 2.39. The second kappa shape index (κ2) is 12.3. The molecule has 1 unspecified atom stereocenters. The van der Waals surface area contributed by atoms with E-state index in [-0.39, 0.29) is 12.1 Å². The van der Waals surface area contributed by atoms with Gasteiger partial charge in [0.2, 0.25) is 0 Å². The number of ether oxygens (including phenoxy) is 1. The summed E-state index contributed by atoms with van der Waals surface area (Å²) in [5, 5.41) is 7.47. The Balaban J connectivity index is 1.59. The number of alkyl halides is 3. The fourth-order valence-electron chi connectivity index (χ4n) is 4.57. The van der Waals surface area contributed by atoms with Crippen LogP contribution in [0.25, 0.3) is 10.1 Å². The molecule has 3 aromatic rings. The van der Waals surface area contributed by atoms with Crippen molar-refractivity contribution in [2.45, 2.75) is 42.8 Å². The third-order valence-electron chi connectivity index (χ3n) is 6.48. The molecule has 4 nitrogen and oxygen atoms in total. The van der Waals surface area contributed by atoms with Crippen molar-refractivity contribution in [2.75, 3.05) is 50.7 Å². The molecule has 0 spiro atoms. The fraction of sp³-hybridized carbons (Fsp3) is 0.429. The first-order valence-electron chi connectivity index (χ1n) is 12.3. The van der Waals surface area contributed by atoms with Crippen molar-refractivity contribution >= 4 is 44.6 Å². The van der Waals surface area contributed by atoms with Crippen LogP contribution < -0.4 is 15.4 Å². The number of rotatable bonds is 7. The van der Waals surface area contributed by atoms with E-state index < -0.39 is 12.6 Å². The predicted octanol–water partition coefficient (Wildman–Crippen LogP) is 7.10. The molecular formula is C28H32F3N3OS2. The van der Waals surface area contributed by atoms with Gasteiger partial charge in [0.25, 0.3) is 0 Å². The third kappa shape index (κ3) is 7.28. The minimum Gasteiger partial charge on any atom is -0.495 e. The SMILES string of the molecule is COc1cc(SC)ccc1NCC#Cc1sc2c(NC3CCCN(C)CC3)cccc2c1CC(F)(F)F. The van der Waals surface area contributed by atoms with E-state index >= 15 is 0 Å². The van der Waals surface area contributed by atoms with E-state index in [9.17, 15) is 13.2 Å². The molecule has 0 aliphatic carbocycles. The number of thioether (sulfide) groups is 1. The van der Waals surface area contributed by atoms with Gasteiger partial charge < -0.3 is 20.3 Å². The quantitative estimate of drug-likeness (QED) is 0.244. The molecule has 1 aromatic heterocycles. The van der Waals surface area contributed by atoms with Gasteiger partial charge in [-0.3, -0.25) is 0 Å². The maximum atomic E-state index is 13.5. The molecule has 198 valence electrons. The highest BCUT2D eigenvalue weighted by Gasteiger charge is 2.31. The number of nitrogens with one attached hydrogen (secondary N) is 2. The highest BCUT2D eigenvalue weighted by molar-refractivity contribution is 7.98. The first-order valence-corrected chi connectivity index (χ1v) is 14.3. The van der Waals surface area contributed by atoms with Gasteiger partial charge in [-0.25, -0.2) is 0 Å². The minimum atomic E-state index is -4.32. The number of methoxy groups -OCH3 is 1. The maximum Gasteiger partial charge on any atom is 0.393 e. The zero-order chi connectivity index (χ0) is 26.4. The normalized spacial score (nSPS) is 16.6. The highest BCUT2D eigenvalue weighted by atomic mass is 32.2. The largest absolute Gasteiger partial charge is 0.495 e.